The Kier molecular flexibility index (Phi) is 5.45. The minimum absolute atomic E-state index is 0.0678. The molecule has 0 N–H and O–H groups in total. The Hall–Kier alpha value is -0.170. The highest BCUT2D eigenvalue weighted by Crippen LogP contribution is 2.30. The van der Waals surface area contributed by atoms with Gasteiger partial charge in [0, 0.05) is 22.9 Å². The second-order valence-corrected chi connectivity index (χ2v) is 7.97. The molecule has 0 amide bonds. The van der Waals surface area contributed by atoms with Gasteiger partial charge in [-0.1, -0.05) is 28.8 Å². The molecular weight excluding hydrogens is 369 g/mol. The van der Waals surface area contributed by atoms with Gasteiger partial charge in [0.2, 0.25) is 10.0 Å². The van der Waals surface area contributed by atoms with E-state index in [1.165, 1.54) is 22.5 Å². The fourth-order valence-corrected chi connectivity index (χ4v) is 4.93. The second kappa shape index (κ2) is 6.73. The van der Waals surface area contributed by atoms with Crippen LogP contribution in [0.25, 0.3) is 0 Å². The molecule has 1 aliphatic carbocycles. The Labute approximate surface area is 132 Å². The first kappa shape index (κ1) is 16.2. The Bertz CT molecular complexity index is 576. The molecule has 20 heavy (non-hydrogen) atoms. The van der Waals surface area contributed by atoms with Crippen LogP contribution in [0.1, 0.15) is 25.7 Å². The SMILES string of the molecule is O=S(=O)(c1ccc(Br)cc1F)N(CCCl)C1CCCC1. The number of hydrogen-bond donors (Lipinski definition) is 0. The van der Waals surface area contributed by atoms with E-state index in [2.05, 4.69) is 15.9 Å². The number of alkyl halides is 1. The summed E-state index contributed by atoms with van der Waals surface area (Å²) < 4.78 is 41.1. The summed E-state index contributed by atoms with van der Waals surface area (Å²) >= 11 is 8.85. The lowest BCUT2D eigenvalue weighted by molar-refractivity contribution is 0.335. The van der Waals surface area contributed by atoms with Gasteiger partial charge >= 0.3 is 0 Å². The molecule has 1 aliphatic rings. The quantitative estimate of drug-likeness (QED) is 0.725. The van der Waals surface area contributed by atoms with Crippen molar-refractivity contribution >= 4 is 37.6 Å². The van der Waals surface area contributed by atoms with Crippen LogP contribution in [-0.2, 0) is 10.0 Å². The summed E-state index contributed by atoms with van der Waals surface area (Å²) in [7, 11) is -3.84. The minimum atomic E-state index is -3.84. The molecule has 7 heteroatoms. The summed E-state index contributed by atoms with van der Waals surface area (Å²) in [5.74, 6) is -0.537. The van der Waals surface area contributed by atoms with E-state index in [-0.39, 0.29) is 23.4 Å². The van der Waals surface area contributed by atoms with Crippen molar-refractivity contribution in [2.24, 2.45) is 0 Å². The monoisotopic (exact) mass is 383 g/mol. The molecule has 0 atom stereocenters. The third kappa shape index (κ3) is 3.35. The van der Waals surface area contributed by atoms with E-state index >= 15 is 0 Å². The molecule has 0 bridgehead atoms. The molecule has 0 aliphatic heterocycles. The van der Waals surface area contributed by atoms with E-state index in [1.54, 1.807) is 0 Å². The largest absolute Gasteiger partial charge is 0.246 e. The highest BCUT2D eigenvalue weighted by Gasteiger charge is 2.34. The zero-order valence-corrected chi connectivity index (χ0v) is 14.0. The molecule has 0 saturated heterocycles. The lowest BCUT2D eigenvalue weighted by Gasteiger charge is -2.27. The summed E-state index contributed by atoms with van der Waals surface area (Å²) in [5.41, 5.74) is 0. The van der Waals surface area contributed by atoms with Crippen molar-refractivity contribution in [3.63, 3.8) is 0 Å². The predicted molar refractivity (Wildman–Crippen MR) is 81.0 cm³/mol. The Morgan fingerprint density at radius 1 is 1.35 bits per heavy atom. The van der Waals surface area contributed by atoms with Crippen LogP contribution in [0.5, 0.6) is 0 Å². The maximum absolute atomic E-state index is 14.0. The average molecular weight is 385 g/mol. The maximum atomic E-state index is 14.0. The van der Waals surface area contributed by atoms with E-state index in [0.717, 1.165) is 25.7 Å². The zero-order valence-electron chi connectivity index (χ0n) is 10.9. The van der Waals surface area contributed by atoms with Gasteiger partial charge in [-0.15, -0.1) is 11.6 Å². The van der Waals surface area contributed by atoms with Crippen LogP contribution < -0.4 is 0 Å². The molecule has 1 fully saturated rings. The molecule has 0 unspecified atom stereocenters. The molecule has 0 heterocycles. The van der Waals surface area contributed by atoms with Gasteiger partial charge in [0.1, 0.15) is 10.7 Å². The van der Waals surface area contributed by atoms with Crippen LogP contribution in [0.2, 0.25) is 0 Å². The molecule has 3 nitrogen and oxygen atoms in total. The van der Waals surface area contributed by atoms with E-state index in [9.17, 15) is 12.8 Å². The number of sulfonamides is 1. The first-order valence-electron chi connectivity index (χ1n) is 6.49. The van der Waals surface area contributed by atoms with Crippen molar-refractivity contribution in [1.82, 2.24) is 4.31 Å². The number of rotatable bonds is 5. The lowest BCUT2D eigenvalue weighted by atomic mass is 10.2. The van der Waals surface area contributed by atoms with Gasteiger partial charge in [-0.05, 0) is 31.0 Å². The van der Waals surface area contributed by atoms with Gasteiger partial charge in [-0.3, -0.25) is 0 Å². The lowest BCUT2D eigenvalue weighted by Crippen LogP contribution is -2.40. The molecule has 112 valence electrons. The molecule has 0 spiro atoms. The molecule has 1 aromatic carbocycles. The molecular formula is C13H16BrClFNO2S. The third-order valence-electron chi connectivity index (χ3n) is 3.52. The topological polar surface area (TPSA) is 37.4 Å². The van der Waals surface area contributed by atoms with Crippen LogP contribution in [0, 0.1) is 5.82 Å². The molecule has 0 aromatic heterocycles. The van der Waals surface area contributed by atoms with Crippen LogP contribution in [0.4, 0.5) is 4.39 Å². The van der Waals surface area contributed by atoms with E-state index in [1.807, 2.05) is 0 Å². The standard InChI is InChI=1S/C13H16BrClFNO2S/c14-10-5-6-13(12(16)9-10)20(18,19)17(8-7-15)11-3-1-2-4-11/h5-6,9,11H,1-4,7-8H2. The second-order valence-electron chi connectivity index (χ2n) is 4.82. The Morgan fingerprint density at radius 2 is 2.00 bits per heavy atom. The van der Waals surface area contributed by atoms with Gasteiger partial charge in [0.25, 0.3) is 0 Å². The van der Waals surface area contributed by atoms with E-state index in [4.69, 9.17) is 11.6 Å². The normalized spacial score (nSPS) is 17.0. The highest BCUT2D eigenvalue weighted by molar-refractivity contribution is 9.10. The smallest absolute Gasteiger partial charge is 0.207 e. The van der Waals surface area contributed by atoms with Crippen LogP contribution in [0.15, 0.2) is 27.6 Å². The molecule has 1 saturated carbocycles. The van der Waals surface area contributed by atoms with Crippen LogP contribution in [-0.4, -0.2) is 31.2 Å². The average Bonchev–Trinajstić information content (AvgIpc) is 2.88. The fourth-order valence-electron chi connectivity index (χ4n) is 2.59. The Morgan fingerprint density at radius 3 is 2.55 bits per heavy atom. The van der Waals surface area contributed by atoms with Gasteiger partial charge in [-0.2, -0.15) is 4.31 Å². The zero-order chi connectivity index (χ0) is 14.8. The van der Waals surface area contributed by atoms with Gasteiger partial charge in [0.15, 0.2) is 0 Å². The van der Waals surface area contributed by atoms with Crippen molar-refractivity contribution in [3.8, 4) is 0 Å². The highest BCUT2D eigenvalue weighted by atomic mass is 79.9. The van der Waals surface area contributed by atoms with Gasteiger partial charge < -0.3 is 0 Å². The van der Waals surface area contributed by atoms with E-state index in [0.29, 0.717) is 4.47 Å². The number of nitrogens with zero attached hydrogens (tertiary/aromatic N) is 1. The van der Waals surface area contributed by atoms with Crippen molar-refractivity contribution in [2.45, 2.75) is 36.6 Å². The summed E-state index contributed by atoms with van der Waals surface area (Å²) in [4.78, 5) is -0.280. The summed E-state index contributed by atoms with van der Waals surface area (Å²) in [6.07, 6.45) is 3.63. The number of hydrogen-bond acceptors (Lipinski definition) is 2. The summed E-state index contributed by atoms with van der Waals surface area (Å²) in [5, 5.41) is 0. The van der Waals surface area contributed by atoms with Gasteiger partial charge in [-0.25, -0.2) is 12.8 Å². The van der Waals surface area contributed by atoms with Crippen molar-refractivity contribution in [3.05, 3.63) is 28.5 Å². The van der Waals surface area contributed by atoms with Crippen molar-refractivity contribution in [1.29, 1.82) is 0 Å². The van der Waals surface area contributed by atoms with Crippen LogP contribution in [0.3, 0.4) is 0 Å². The first-order valence-corrected chi connectivity index (χ1v) is 9.26. The molecule has 1 aromatic rings. The van der Waals surface area contributed by atoms with Crippen molar-refractivity contribution < 1.29 is 12.8 Å². The minimum Gasteiger partial charge on any atom is -0.207 e. The Balaban J connectivity index is 2.39. The van der Waals surface area contributed by atoms with E-state index < -0.39 is 15.8 Å². The number of benzene rings is 1. The third-order valence-corrected chi connectivity index (χ3v) is 6.16. The van der Waals surface area contributed by atoms with Gasteiger partial charge in [0.05, 0.1) is 0 Å². The van der Waals surface area contributed by atoms with Crippen LogP contribution >= 0.6 is 27.5 Å². The van der Waals surface area contributed by atoms with Crippen molar-refractivity contribution in [2.75, 3.05) is 12.4 Å². The fraction of sp³-hybridized carbons (Fsp3) is 0.538. The number of halogens is 3. The molecule has 0 radical (unpaired) electrons. The molecule has 2 rings (SSSR count). The first-order chi connectivity index (χ1) is 9.46. The maximum Gasteiger partial charge on any atom is 0.246 e. The summed E-state index contributed by atoms with van der Waals surface area (Å²) in [6, 6.07) is 3.93. The predicted octanol–water partition coefficient (Wildman–Crippen LogP) is 3.76. The summed E-state index contributed by atoms with van der Waals surface area (Å²) in [6.45, 7) is 0.212.